The Morgan fingerprint density at radius 1 is 1.44 bits per heavy atom. The molecule has 2 atom stereocenters. The van der Waals surface area contributed by atoms with Crippen LogP contribution in [0.15, 0.2) is 24.3 Å². The van der Waals surface area contributed by atoms with Crippen molar-refractivity contribution in [2.75, 3.05) is 13.2 Å². The van der Waals surface area contributed by atoms with Gasteiger partial charge in [0.15, 0.2) is 0 Å². The Morgan fingerprint density at radius 2 is 2.33 bits per heavy atom. The second-order valence-corrected chi connectivity index (χ2v) is 5.71. The number of nitrogens with one attached hydrogen (secondary N) is 1. The molecule has 3 rings (SSSR count). The predicted octanol–water partition coefficient (Wildman–Crippen LogP) is 2.58. The van der Waals surface area contributed by atoms with Crippen molar-refractivity contribution in [2.24, 2.45) is 11.8 Å². The minimum atomic E-state index is -0.197. The summed E-state index contributed by atoms with van der Waals surface area (Å²) >= 11 is 1.59. The Kier molecular flexibility index (Phi) is 3.30. The number of thiophene rings is 1. The molecule has 0 radical (unpaired) electrons. The van der Waals surface area contributed by atoms with Gasteiger partial charge in [0.2, 0.25) is 0 Å². The summed E-state index contributed by atoms with van der Waals surface area (Å²) in [6.45, 7) is 1.53. The number of hydrazine groups is 1. The van der Waals surface area contributed by atoms with Gasteiger partial charge in [-0.25, -0.2) is 4.39 Å². The van der Waals surface area contributed by atoms with Gasteiger partial charge in [0, 0.05) is 22.1 Å². The predicted molar refractivity (Wildman–Crippen MR) is 70.8 cm³/mol. The number of hydrogen-bond acceptors (Lipinski definition) is 4. The number of benzene rings is 1. The summed E-state index contributed by atoms with van der Waals surface area (Å²) in [5.41, 5.74) is 2.87. The highest BCUT2D eigenvalue weighted by Gasteiger charge is 2.27. The number of rotatable bonds is 3. The zero-order valence-corrected chi connectivity index (χ0v) is 10.7. The van der Waals surface area contributed by atoms with Crippen molar-refractivity contribution in [3.05, 3.63) is 35.0 Å². The lowest BCUT2D eigenvalue weighted by atomic mass is 9.98. The molecule has 0 spiro atoms. The molecule has 0 aliphatic carbocycles. The van der Waals surface area contributed by atoms with Crippen molar-refractivity contribution in [3.63, 3.8) is 0 Å². The normalized spacial score (nSPS) is 21.6. The molecule has 0 saturated carbocycles. The fourth-order valence-corrected chi connectivity index (χ4v) is 3.69. The minimum absolute atomic E-state index is 0.0907. The molecule has 1 fully saturated rings. The van der Waals surface area contributed by atoms with E-state index in [-0.39, 0.29) is 11.9 Å². The second kappa shape index (κ2) is 4.93. The molecule has 1 saturated heterocycles. The smallest absolute Gasteiger partial charge is 0.124 e. The molecule has 1 aromatic heterocycles. The molecular weight excluding hydrogens is 251 g/mol. The van der Waals surface area contributed by atoms with Gasteiger partial charge in [0.1, 0.15) is 5.82 Å². The molecule has 1 aliphatic heterocycles. The van der Waals surface area contributed by atoms with Crippen molar-refractivity contribution >= 4 is 21.4 Å². The summed E-state index contributed by atoms with van der Waals surface area (Å²) < 4.78 is 19.5. The average Bonchev–Trinajstić information content (AvgIpc) is 2.98. The lowest BCUT2D eigenvalue weighted by Crippen LogP contribution is -2.33. The first-order valence-corrected chi connectivity index (χ1v) is 6.82. The SMILES string of the molecule is NNC(c1cc2ccc(F)cc2s1)C1CCOC1. The highest BCUT2D eigenvalue weighted by Crippen LogP contribution is 2.35. The van der Waals surface area contributed by atoms with E-state index in [0.29, 0.717) is 5.92 Å². The van der Waals surface area contributed by atoms with Crippen LogP contribution in [-0.4, -0.2) is 13.2 Å². The molecule has 2 heterocycles. The van der Waals surface area contributed by atoms with E-state index < -0.39 is 0 Å². The Morgan fingerprint density at radius 3 is 3.06 bits per heavy atom. The summed E-state index contributed by atoms with van der Waals surface area (Å²) in [6, 6.07) is 7.05. The third-order valence-corrected chi connectivity index (χ3v) is 4.60. The summed E-state index contributed by atoms with van der Waals surface area (Å²) in [5, 5.41) is 1.07. The van der Waals surface area contributed by atoms with Gasteiger partial charge in [0.05, 0.1) is 12.6 Å². The number of fused-ring (bicyclic) bond motifs is 1. The molecule has 1 aliphatic rings. The number of nitrogens with two attached hydrogens (primary N) is 1. The topological polar surface area (TPSA) is 47.3 Å². The molecule has 1 aromatic carbocycles. The average molecular weight is 266 g/mol. The van der Waals surface area contributed by atoms with E-state index in [1.54, 1.807) is 17.4 Å². The van der Waals surface area contributed by atoms with Crippen molar-refractivity contribution in [1.29, 1.82) is 0 Å². The summed E-state index contributed by atoms with van der Waals surface area (Å²) in [4.78, 5) is 1.15. The molecule has 3 nitrogen and oxygen atoms in total. The van der Waals surface area contributed by atoms with Crippen molar-refractivity contribution < 1.29 is 9.13 Å². The minimum Gasteiger partial charge on any atom is -0.381 e. The molecule has 3 N–H and O–H groups in total. The fourth-order valence-electron chi connectivity index (χ4n) is 2.44. The van der Waals surface area contributed by atoms with Gasteiger partial charge >= 0.3 is 0 Å². The van der Waals surface area contributed by atoms with Gasteiger partial charge in [0.25, 0.3) is 0 Å². The molecule has 96 valence electrons. The van der Waals surface area contributed by atoms with Crippen LogP contribution in [0.2, 0.25) is 0 Å². The van der Waals surface area contributed by atoms with E-state index in [0.717, 1.165) is 34.6 Å². The standard InChI is InChI=1S/C13H15FN2OS/c14-10-2-1-8-5-12(18-11(8)6-10)13(16-15)9-3-4-17-7-9/h1-2,5-6,9,13,16H,3-4,7,15H2. The third kappa shape index (κ3) is 2.14. The van der Waals surface area contributed by atoms with E-state index in [4.69, 9.17) is 10.6 Å². The molecule has 0 bridgehead atoms. The van der Waals surface area contributed by atoms with Crippen LogP contribution in [0.1, 0.15) is 17.3 Å². The van der Waals surface area contributed by atoms with Crippen LogP contribution in [-0.2, 0) is 4.74 Å². The lowest BCUT2D eigenvalue weighted by molar-refractivity contribution is 0.177. The van der Waals surface area contributed by atoms with E-state index in [1.807, 2.05) is 6.07 Å². The highest BCUT2D eigenvalue weighted by atomic mass is 32.1. The fraction of sp³-hybridized carbons (Fsp3) is 0.385. The van der Waals surface area contributed by atoms with Gasteiger partial charge in [-0.05, 0) is 30.0 Å². The Hall–Kier alpha value is -1.01. The first-order chi connectivity index (χ1) is 8.78. The van der Waals surface area contributed by atoms with E-state index in [2.05, 4.69) is 11.5 Å². The molecule has 0 amide bonds. The zero-order chi connectivity index (χ0) is 12.5. The number of ether oxygens (including phenoxy) is 1. The van der Waals surface area contributed by atoms with Gasteiger partial charge in [-0.15, -0.1) is 11.3 Å². The number of halogens is 1. The van der Waals surface area contributed by atoms with Gasteiger partial charge in [-0.1, -0.05) is 6.07 Å². The van der Waals surface area contributed by atoms with Gasteiger partial charge in [-0.3, -0.25) is 11.3 Å². The Labute approximate surface area is 109 Å². The van der Waals surface area contributed by atoms with Crippen LogP contribution in [0.3, 0.4) is 0 Å². The van der Waals surface area contributed by atoms with Crippen LogP contribution in [0.25, 0.3) is 10.1 Å². The molecular formula is C13H15FN2OS. The Bertz CT molecular complexity index is 551. The molecule has 2 unspecified atom stereocenters. The van der Waals surface area contributed by atoms with E-state index in [1.165, 1.54) is 6.07 Å². The highest BCUT2D eigenvalue weighted by molar-refractivity contribution is 7.19. The van der Waals surface area contributed by atoms with Gasteiger partial charge < -0.3 is 4.74 Å². The molecule has 5 heteroatoms. The zero-order valence-electron chi connectivity index (χ0n) is 9.86. The third-order valence-electron chi connectivity index (χ3n) is 3.42. The van der Waals surface area contributed by atoms with E-state index in [9.17, 15) is 4.39 Å². The maximum atomic E-state index is 13.2. The van der Waals surface area contributed by atoms with Crippen molar-refractivity contribution in [1.82, 2.24) is 5.43 Å². The van der Waals surface area contributed by atoms with Crippen LogP contribution < -0.4 is 11.3 Å². The first-order valence-electron chi connectivity index (χ1n) is 6.01. The van der Waals surface area contributed by atoms with Crippen LogP contribution >= 0.6 is 11.3 Å². The maximum absolute atomic E-state index is 13.2. The largest absolute Gasteiger partial charge is 0.381 e. The number of hydrogen-bond donors (Lipinski definition) is 2. The second-order valence-electron chi connectivity index (χ2n) is 4.60. The summed E-state index contributed by atoms with van der Waals surface area (Å²) in [7, 11) is 0. The monoisotopic (exact) mass is 266 g/mol. The quantitative estimate of drug-likeness (QED) is 0.663. The van der Waals surface area contributed by atoms with Crippen LogP contribution in [0, 0.1) is 11.7 Å². The van der Waals surface area contributed by atoms with Crippen molar-refractivity contribution in [2.45, 2.75) is 12.5 Å². The maximum Gasteiger partial charge on any atom is 0.124 e. The Balaban J connectivity index is 1.96. The molecule has 2 aromatic rings. The van der Waals surface area contributed by atoms with E-state index >= 15 is 0 Å². The van der Waals surface area contributed by atoms with Crippen LogP contribution in [0.5, 0.6) is 0 Å². The first kappa shape index (κ1) is 12.0. The summed E-state index contributed by atoms with van der Waals surface area (Å²) in [5.74, 6) is 5.86. The van der Waals surface area contributed by atoms with Crippen LogP contribution in [0.4, 0.5) is 4.39 Å². The lowest BCUT2D eigenvalue weighted by Gasteiger charge is -2.19. The van der Waals surface area contributed by atoms with Gasteiger partial charge in [-0.2, -0.15) is 0 Å². The molecule has 18 heavy (non-hydrogen) atoms. The summed E-state index contributed by atoms with van der Waals surface area (Å²) in [6.07, 6.45) is 1.01. The van der Waals surface area contributed by atoms with Crippen molar-refractivity contribution in [3.8, 4) is 0 Å².